The van der Waals surface area contributed by atoms with Crippen molar-refractivity contribution in [3.05, 3.63) is 128 Å². The molecule has 2 amide bonds. The van der Waals surface area contributed by atoms with Crippen LogP contribution in [-0.4, -0.2) is 35.9 Å². The SMILES string of the molecule is COc1cc(-c2ccc(NC(=O)/C=C/c3cccc([N+](=O)[O-])c3)c(OC)c2)ccc1NC(=O)/C=C/c1cccc([N+](=O)[O-])c1. The van der Waals surface area contributed by atoms with Gasteiger partial charge in [0.15, 0.2) is 0 Å². The Bertz CT molecular complexity index is 1670. The first-order valence-electron chi connectivity index (χ1n) is 13.0. The second-order valence-corrected chi connectivity index (χ2v) is 9.18. The number of carbonyl (C=O) groups excluding carboxylic acids is 2. The zero-order valence-corrected chi connectivity index (χ0v) is 23.6. The number of nitrogens with zero attached hydrogens (tertiary/aromatic N) is 2. The maximum Gasteiger partial charge on any atom is 0.270 e. The summed E-state index contributed by atoms with van der Waals surface area (Å²) >= 11 is 0. The number of anilines is 2. The first kappa shape index (κ1) is 30.7. The number of nitro groups is 2. The fourth-order valence-corrected chi connectivity index (χ4v) is 4.12. The molecule has 0 spiro atoms. The van der Waals surface area contributed by atoms with Gasteiger partial charge in [-0.05, 0) is 58.7 Å². The van der Waals surface area contributed by atoms with E-state index in [2.05, 4.69) is 10.6 Å². The number of rotatable bonds is 11. The molecule has 0 heterocycles. The van der Waals surface area contributed by atoms with E-state index < -0.39 is 21.7 Å². The van der Waals surface area contributed by atoms with Crippen LogP contribution in [0.2, 0.25) is 0 Å². The Morgan fingerprint density at radius 1 is 0.636 bits per heavy atom. The van der Waals surface area contributed by atoms with Crippen molar-refractivity contribution in [2.24, 2.45) is 0 Å². The molecule has 0 atom stereocenters. The first-order chi connectivity index (χ1) is 21.2. The van der Waals surface area contributed by atoms with Gasteiger partial charge in [-0.1, -0.05) is 36.4 Å². The standard InChI is InChI=1S/C32H26N4O8/c1-43-29-19-23(11-13-27(29)33-31(37)15-9-21-5-3-7-25(17-21)35(39)40)24-12-14-28(30(20-24)44-2)34-32(38)16-10-22-6-4-8-26(18-22)36(41)42/h3-20H,1-2H3,(H,33,37)(H,34,38)/b15-9+,16-10+. The molecule has 0 aromatic heterocycles. The summed E-state index contributed by atoms with van der Waals surface area (Å²) in [5.41, 5.74) is 3.17. The molecule has 0 aliphatic rings. The van der Waals surface area contributed by atoms with Crippen LogP contribution in [0.15, 0.2) is 97.1 Å². The highest BCUT2D eigenvalue weighted by atomic mass is 16.6. The van der Waals surface area contributed by atoms with E-state index in [-0.39, 0.29) is 11.4 Å². The maximum atomic E-state index is 12.5. The summed E-state index contributed by atoms with van der Waals surface area (Å²) in [6.45, 7) is 0. The molecule has 4 aromatic carbocycles. The average molecular weight is 595 g/mol. The van der Waals surface area contributed by atoms with Gasteiger partial charge in [0.1, 0.15) is 11.5 Å². The van der Waals surface area contributed by atoms with E-state index >= 15 is 0 Å². The van der Waals surface area contributed by atoms with Gasteiger partial charge >= 0.3 is 0 Å². The fourth-order valence-electron chi connectivity index (χ4n) is 4.12. The van der Waals surface area contributed by atoms with Crippen molar-refractivity contribution < 1.29 is 28.9 Å². The molecular formula is C32H26N4O8. The van der Waals surface area contributed by atoms with Crippen molar-refractivity contribution in [3.8, 4) is 22.6 Å². The summed E-state index contributed by atoms with van der Waals surface area (Å²) in [5.74, 6) is -0.128. The average Bonchev–Trinajstić information content (AvgIpc) is 3.03. The molecule has 0 bridgehead atoms. The number of non-ortho nitro benzene ring substituents is 2. The minimum absolute atomic E-state index is 0.0770. The van der Waals surface area contributed by atoms with Crippen molar-refractivity contribution in [1.82, 2.24) is 0 Å². The molecule has 4 rings (SSSR count). The van der Waals surface area contributed by atoms with Crippen LogP contribution < -0.4 is 20.1 Å². The van der Waals surface area contributed by atoms with Crippen LogP contribution in [0.3, 0.4) is 0 Å². The van der Waals surface area contributed by atoms with Crippen LogP contribution in [0.25, 0.3) is 23.3 Å². The van der Waals surface area contributed by atoms with Crippen LogP contribution in [0.5, 0.6) is 11.5 Å². The van der Waals surface area contributed by atoms with E-state index in [4.69, 9.17) is 9.47 Å². The third-order valence-electron chi connectivity index (χ3n) is 6.27. The monoisotopic (exact) mass is 594 g/mol. The number of ether oxygens (including phenoxy) is 2. The molecule has 0 aliphatic carbocycles. The number of nitro benzene ring substituents is 2. The Morgan fingerprint density at radius 3 is 1.41 bits per heavy atom. The van der Waals surface area contributed by atoms with E-state index in [0.29, 0.717) is 34.0 Å². The Morgan fingerprint density at radius 2 is 1.05 bits per heavy atom. The molecule has 0 aliphatic heterocycles. The van der Waals surface area contributed by atoms with Crippen molar-refractivity contribution in [2.75, 3.05) is 24.9 Å². The smallest absolute Gasteiger partial charge is 0.270 e. The van der Waals surface area contributed by atoms with Crippen molar-refractivity contribution in [3.63, 3.8) is 0 Å². The minimum Gasteiger partial charge on any atom is -0.495 e. The Hall–Kier alpha value is -6.30. The predicted molar refractivity (Wildman–Crippen MR) is 167 cm³/mol. The number of carbonyl (C=O) groups is 2. The first-order valence-corrected chi connectivity index (χ1v) is 13.0. The number of methoxy groups -OCH3 is 2. The molecule has 12 heteroatoms. The van der Waals surface area contributed by atoms with E-state index in [1.54, 1.807) is 48.5 Å². The molecule has 2 N–H and O–H groups in total. The van der Waals surface area contributed by atoms with Gasteiger partial charge in [0.05, 0.1) is 35.4 Å². The number of hydrogen-bond acceptors (Lipinski definition) is 8. The molecule has 0 saturated heterocycles. The highest BCUT2D eigenvalue weighted by molar-refractivity contribution is 6.04. The zero-order chi connectivity index (χ0) is 31.6. The normalized spacial score (nSPS) is 10.9. The largest absolute Gasteiger partial charge is 0.495 e. The van der Waals surface area contributed by atoms with Crippen molar-refractivity contribution in [2.45, 2.75) is 0 Å². The topological polar surface area (TPSA) is 163 Å². The Balaban J connectivity index is 1.46. The van der Waals surface area contributed by atoms with Gasteiger partial charge in [-0.15, -0.1) is 0 Å². The number of benzene rings is 4. The van der Waals surface area contributed by atoms with Gasteiger partial charge in [0.25, 0.3) is 11.4 Å². The summed E-state index contributed by atoms with van der Waals surface area (Å²) in [6, 6.07) is 22.2. The van der Waals surface area contributed by atoms with E-state index in [0.717, 1.165) is 11.1 Å². The molecule has 44 heavy (non-hydrogen) atoms. The lowest BCUT2D eigenvalue weighted by Gasteiger charge is -2.14. The van der Waals surface area contributed by atoms with E-state index in [1.165, 1.54) is 74.9 Å². The van der Waals surface area contributed by atoms with Crippen LogP contribution in [0.1, 0.15) is 11.1 Å². The van der Waals surface area contributed by atoms with Crippen LogP contribution in [-0.2, 0) is 9.59 Å². The van der Waals surface area contributed by atoms with Crippen LogP contribution >= 0.6 is 0 Å². The zero-order valence-electron chi connectivity index (χ0n) is 23.6. The third kappa shape index (κ3) is 7.91. The number of amides is 2. The molecule has 0 saturated carbocycles. The summed E-state index contributed by atoms with van der Waals surface area (Å²) in [6.07, 6.45) is 5.48. The highest BCUT2D eigenvalue weighted by Gasteiger charge is 2.12. The lowest BCUT2D eigenvalue weighted by Crippen LogP contribution is -2.09. The summed E-state index contributed by atoms with van der Waals surface area (Å²) in [7, 11) is 2.93. The molecular weight excluding hydrogens is 568 g/mol. The van der Waals surface area contributed by atoms with Gasteiger partial charge in [-0.3, -0.25) is 29.8 Å². The molecule has 4 aromatic rings. The lowest BCUT2D eigenvalue weighted by atomic mass is 10.0. The minimum atomic E-state index is -0.508. The molecule has 0 radical (unpaired) electrons. The van der Waals surface area contributed by atoms with Crippen molar-refractivity contribution >= 4 is 46.7 Å². The van der Waals surface area contributed by atoms with Gasteiger partial charge in [0.2, 0.25) is 11.8 Å². The van der Waals surface area contributed by atoms with Gasteiger partial charge < -0.3 is 20.1 Å². The maximum absolute atomic E-state index is 12.5. The quantitative estimate of drug-likeness (QED) is 0.113. The van der Waals surface area contributed by atoms with E-state index in [1.807, 2.05) is 0 Å². The van der Waals surface area contributed by atoms with Crippen molar-refractivity contribution in [1.29, 1.82) is 0 Å². The second-order valence-electron chi connectivity index (χ2n) is 9.18. The van der Waals surface area contributed by atoms with Gasteiger partial charge in [-0.2, -0.15) is 0 Å². The lowest BCUT2D eigenvalue weighted by molar-refractivity contribution is -0.385. The summed E-state index contributed by atoms with van der Waals surface area (Å²) in [5, 5.41) is 27.4. The molecule has 0 fully saturated rings. The molecule has 222 valence electrons. The predicted octanol–water partition coefficient (Wildman–Crippen LogP) is 6.49. The number of hydrogen-bond donors (Lipinski definition) is 2. The Kier molecular flexibility index (Phi) is 9.79. The third-order valence-corrected chi connectivity index (χ3v) is 6.27. The fraction of sp³-hybridized carbons (Fsp3) is 0.0625. The molecule has 0 unspecified atom stereocenters. The summed E-state index contributed by atoms with van der Waals surface area (Å²) in [4.78, 5) is 46.0. The summed E-state index contributed by atoms with van der Waals surface area (Å²) < 4.78 is 11.0. The number of nitrogens with one attached hydrogen (secondary N) is 2. The van der Waals surface area contributed by atoms with Gasteiger partial charge in [-0.25, -0.2) is 0 Å². The Labute approximate surface area is 251 Å². The highest BCUT2D eigenvalue weighted by Crippen LogP contribution is 2.35. The van der Waals surface area contributed by atoms with Gasteiger partial charge in [0, 0.05) is 36.4 Å². The van der Waals surface area contributed by atoms with Crippen LogP contribution in [0.4, 0.5) is 22.7 Å². The van der Waals surface area contributed by atoms with Crippen LogP contribution in [0, 0.1) is 20.2 Å². The molecule has 12 nitrogen and oxygen atoms in total. The van der Waals surface area contributed by atoms with E-state index in [9.17, 15) is 29.8 Å². The second kappa shape index (κ2) is 14.0.